The highest BCUT2D eigenvalue weighted by molar-refractivity contribution is 5.83. The third kappa shape index (κ3) is 2.05. The summed E-state index contributed by atoms with van der Waals surface area (Å²) < 4.78 is 5.90. The van der Waals surface area contributed by atoms with E-state index in [2.05, 4.69) is 29.2 Å². The molecule has 4 rings (SSSR count). The van der Waals surface area contributed by atoms with Crippen molar-refractivity contribution in [2.75, 3.05) is 19.7 Å². The highest BCUT2D eigenvalue weighted by atomic mass is 16.5. The van der Waals surface area contributed by atoms with Crippen molar-refractivity contribution in [2.24, 2.45) is 5.92 Å². The normalized spacial score (nSPS) is 30.9. The quantitative estimate of drug-likeness (QED) is 0.827. The number of amides is 1. The van der Waals surface area contributed by atoms with E-state index in [4.69, 9.17) is 4.74 Å². The van der Waals surface area contributed by atoms with Crippen LogP contribution in [0.25, 0.3) is 0 Å². The molecule has 1 heterocycles. The molecule has 1 aromatic carbocycles. The zero-order chi connectivity index (χ0) is 13.6. The van der Waals surface area contributed by atoms with E-state index in [0.717, 1.165) is 32.4 Å². The van der Waals surface area contributed by atoms with Crippen LogP contribution in [-0.2, 0) is 9.53 Å². The van der Waals surface area contributed by atoms with E-state index in [1.807, 2.05) is 6.07 Å². The fourth-order valence-corrected chi connectivity index (χ4v) is 3.68. The van der Waals surface area contributed by atoms with E-state index in [1.165, 1.54) is 12.0 Å². The Bertz CT molecular complexity index is 509. The SMILES string of the molecule is O=C([C@@H]1C[C@@H]1c1ccccc1)N1CCOC2(CCC2)C1. The maximum Gasteiger partial charge on any atom is 0.226 e. The van der Waals surface area contributed by atoms with Crippen molar-refractivity contribution in [3.05, 3.63) is 35.9 Å². The van der Waals surface area contributed by atoms with Crippen LogP contribution in [0.4, 0.5) is 0 Å². The number of nitrogens with zero attached hydrogens (tertiary/aromatic N) is 1. The minimum atomic E-state index is 0.0189. The van der Waals surface area contributed by atoms with Crippen molar-refractivity contribution in [1.82, 2.24) is 4.90 Å². The molecule has 106 valence electrons. The van der Waals surface area contributed by atoms with Gasteiger partial charge in [0.1, 0.15) is 0 Å². The number of hydrogen-bond donors (Lipinski definition) is 0. The molecule has 2 aliphatic carbocycles. The Kier molecular flexibility index (Phi) is 2.84. The molecular formula is C17H21NO2. The number of rotatable bonds is 2. The van der Waals surface area contributed by atoms with Gasteiger partial charge in [-0.2, -0.15) is 0 Å². The topological polar surface area (TPSA) is 29.5 Å². The Hall–Kier alpha value is -1.35. The van der Waals surface area contributed by atoms with Crippen LogP contribution >= 0.6 is 0 Å². The zero-order valence-corrected chi connectivity index (χ0v) is 11.8. The van der Waals surface area contributed by atoms with Gasteiger partial charge in [0.2, 0.25) is 5.91 Å². The van der Waals surface area contributed by atoms with Gasteiger partial charge in [-0.3, -0.25) is 4.79 Å². The standard InChI is InChI=1S/C17H21NO2/c19-16(15-11-14(15)13-5-2-1-3-6-13)18-9-10-20-17(12-18)7-4-8-17/h1-3,5-6,14-15H,4,7-12H2/t14-,15-/m1/s1. The Morgan fingerprint density at radius 1 is 1.25 bits per heavy atom. The molecule has 1 spiro atoms. The summed E-state index contributed by atoms with van der Waals surface area (Å²) in [5.41, 5.74) is 1.34. The van der Waals surface area contributed by atoms with E-state index in [-0.39, 0.29) is 11.5 Å². The van der Waals surface area contributed by atoms with Crippen LogP contribution in [0.3, 0.4) is 0 Å². The highest BCUT2D eigenvalue weighted by Gasteiger charge is 2.49. The van der Waals surface area contributed by atoms with Crippen LogP contribution in [0.15, 0.2) is 30.3 Å². The minimum Gasteiger partial charge on any atom is -0.371 e. The van der Waals surface area contributed by atoms with E-state index in [0.29, 0.717) is 18.4 Å². The lowest BCUT2D eigenvalue weighted by Gasteiger charge is -2.48. The smallest absolute Gasteiger partial charge is 0.226 e. The number of ether oxygens (including phenoxy) is 1. The van der Waals surface area contributed by atoms with E-state index < -0.39 is 0 Å². The second kappa shape index (κ2) is 4.59. The molecule has 2 saturated carbocycles. The molecule has 3 heteroatoms. The lowest BCUT2D eigenvalue weighted by molar-refractivity contribution is -0.168. The van der Waals surface area contributed by atoms with Gasteiger partial charge in [0.15, 0.2) is 0 Å². The van der Waals surface area contributed by atoms with Crippen LogP contribution in [0.2, 0.25) is 0 Å². The van der Waals surface area contributed by atoms with Gasteiger partial charge in [-0.15, -0.1) is 0 Å². The van der Waals surface area contributed by atoms with Crippen LogP contribution in [0.5, 0.6) is 0 Å². The fraction of sp³-hybridized carbons (Fsp3) is 0.588. The largest absolute Gasteiger partial charge is 0.371 e. The first-order valence-corrected chi connectivity index (χ1v) is 7.75. The molecule has 1 aliphatic heterocycles. The summed E-state index contributed by atoms with van der Waals surface area (Å²) in [5, 5.41) is 0. The lowest BCUT2D eigenvalue weighted by Crippen LogP contribution is -2.57. The van der Waals surface area contributed by atoms with E-state index in [9.17, 15) is 4.79 Å². The molecule has 0 bridgehead atoms. The molecule has 20 heavy (non-hydrogen) atoms. The highest BCUT2D eigenvalue weighted by Crippen LogP contribution is 2.49. The maximum absolute atomic E-state index is 12.6. The monoisotopic (exact) mass is 271 g/mol. The lowest BCUT2D eigenvalue weighted by atomic mass is 9.79. The molecule has 3 fully saturated rings. The van der Waals surface area contributed by atoms with Crippen LogP contribution in [-0.4, -0.2) is 36.1 Å². The molecule has 2 atom stereocenters. The van der Waals surface area contributed by atoms with Gasteiger partial charge in [0.25, 0.3) is 0 Å². The minimum absolute atomic E-state index is 0.0189. The average Bonchev–Trinajstić information content (AvgIpc) is 3.26. The van der Waals surface area contributed by atoms with Gasteiger partial charge in [0, 0.05) is 19.0 Å². The van der Waals surface area contributed by atoms with Crippen molar-refractivity contribution >= 4 is 5.91 Å². The van der Waals surface area contributed by atoms with Gasteiger partial charge >= 0.3 is 0 Å². The predicted molar refractivity (Wildman–Crippen MR) is 76.4 cm³/mol. The number of benzene rings is 1. The van der Waals surface area contributed by atoms with Crippen LogP contribution in [0.1, 0.15) is 37.2 Å². The average molecular weight is 271 g/mol. The predicted octanol–water partition coefficient (Wildman–Crippen LogP) is 2.57. The van der Waals surface area contributed by atoms with Crippen molar-refractivity contribution in [1.29, 1.82) is 0 Å². The molecule has 0 unspecified atom stereocenters. The summed E-state index contributed by atoms with van der Waals surface area (Å²) in [6, 6.07) is 10.4. The van der Waals surface area contributed by atoms with E-state index in [1.54, 1.807) is 0 Å². The summed E-state index contributed by atoms with van der Waals surface area (Å²) in [4.78, 5) is 14.7. The van der Waals surface area contributed by atoms with Crippen molar-refractivity contribution in [3.63, 3.8) is 0 Å². The molecule has 3 nitrogen and oxygen atoms in total. The summed E-state index contributed by atoms with van der Waals surface area (Å²) >= 11 is 0. The number of hydrogen-bond acceptors (Lipinski definition) is 2. The molecule has 0 N–H and O–H groups in total. The second-order valence-corrected chi connectivity index (χ2v) is 6.50. The van der Waals surface area contributed by atoms with E-state index >= 15 is 0 Å². The Morgan fingerprint density at radius 3 is 2.75 bits per heavy atom. The number of morpholine rings is 1. The van der Waals surface area contributed by atoms with Crippen molar-refractivity contribution in [2.45, 2.75) is 37.2 Å². The summed E-state index contributed by atoms with van der Waals surface area (Å²) in [6.07, 6.45) is 4.53. The van der Waals surface area contributed by atoms with Gasteiger partial charge in [-0.25, -0.2) is 0 Å². The Labute approximate surface area is 119 Å². The van der Waals surface area contributed by atoms with Crippen LogP contribution in [0, 0.1) is 5.92 Å². The summed E-state index contributed by atoms with van der Waals surface area (Å²) in [7, 11) is 0. The molecule has 3 aliphatic rings. The van der Waals surface area contributed by atoms with Gasteiger partial charge in [0.05, 0.1) is 12.2 Å². The zero-order valence-electron chi connectivity index (χ0n) is 11.8. The summed E-state index contributed by atoms with van der Waals surface area (Å²) in [6.45, 7) is 2.32. The molecule has 1 amide bonds. The molecule has 1 aromatic rings. The van der Waals surface area contributed by atoms with Crippen LogP contribution < -0.4 is 0 Å². The number of carbonyl (C=O) groups excluding carboxylic acids is 1. The van der Waals surface area contributed by atoms with Crippen molar-refractivity contribution < 1.29 is 9.53 Å². The molecular weight excluding hydrogens is 250 g/mol. The first-order chi connectivity index (χ1) is 9.77. The van der Waals surface area contributed by atoms with Gasteiger partial charge in [-0.05, 0) is 37.2 Å². The first kappa shape index (κ1) is 12.4. The van der Waals surface area contributed by atoms with Gasteiger partial charge < -0.3 is 9.64 Å². The van der Waals surface area contributed by atoms with Crippen molar-refractivity contribution in [3.8, 4) is 0 Å². The fourth-order valence-electron chi connectivity index (χ4n) is 3.68. The molecule has 0 radical (unpaired) electrons. The Balaban J connectivity index is 1.41. The first-order valence-electron chi connectivity index (χ1n) is 7.75. The third-order valence-electron chi connectivity index (χ3n) is 5.16. The summed E-state index contributed by atoms with van der Waals surface area (Å²) in [5.74, 6) is 1.02. The molecule has 0 aromatic heterocycles. The number of carbonyl (C=O) groups is 1. The Morgan fingerprint density at radius 2 is 2.05 bits per heavy atom. The molecule has 1 saturated heterocycles. The maximum atomic E-state index is 12.6. The third-order valence-corrected chi connectivity index (χ3v) is 5.16. The van der Waals surface area contributed by atoms with Gasteiger partial charge in [-0.1, -0.05) is 30.3 Å². The second-order valence-electron chi connectivity index (χ2n) is 6.50.